The van der Waals surface area contributed by atoms with Crippen LogP contribution in [-0.2, 0) is 10.1 Å². The van der Waals surface area contributed by atoms with Crippen LogP contribution in [0.5, 0.6) is 0 Å². The maximum absolute atomic E-state index is 12.7. The third-order valence-corrected chi connectivity index (χ3v) is 10.8. The van der Waals surface area contributed by atoms with E-state index in [1.807, 2.05) is 58.0 Å². The lowest BCUT2D eigenvalue weighted by Gasteiger charge is -2.27. The van der Waals surface area contributed by atoms with E-state index in [4.69, 9.17) is 69.6 Å². The van der Waals surface area contributed by atoms with Crippen molar-refractivity contribution in [3.63, 3.8) is 0 Å². The van der Waals surface area contributed by atoms with Crippen LogP contribution in [0.15, 0.2) is 108 Å². The Morgan fingerprint density at radius 3 is 1.82 bits per heavy atom. The number of unbranched alkanes of at least 4 members (excludes halogenated alkanes) is 2. The molecule has 0 radical (unpaired) electrons. The first-order valence-electron chi connectivity index (χ1n) is 16.3. The fraction of sp³-hybridized carbons (Fsp3) is 0.205. The first-order valence-corrected chi connectivity index (χ1v) is 20.0. The number of benzene rings is 4. The van der Waals surface area contributed by atoms with Gasteiger partial charge in [0.25, 0.3) is 10.1 Å². The van der Waals surface area contributed by atoms with Crippen molar-refractivity contribution in [2.75, 3.05) is 18.0 Å². The fourth-order valence-corrected chi connectivity index (χ4v) is 8.69. The van der Waals surface area contributed by atoms with Gasteiger partial charge in [-0.05, 0) is 77.7 Å². The van der Waals surface area contributed by atoms with Gasteiger partial charge in [0.15, 0.2) is 0 Å². The van der Waals surface area contributed by atoms with Crippen LogP contribution in [0.4, 0.5) is 17.1 Å². The Kier molecular flexibility index (Phi) is 13.4. The maximum Gasteiger partial charge on any atom is 0.295 e. The SMILES string of the molecule is CCCCN(c1ccc(C(=C2C=CC(=[N+](CCCC)c3c(Cl)cc(Cl)cc3Cl)C=C2)c2ccccc2S(=O)(=O)O)cc1)c1c(Cl)cc(Cl)cc1Cl. The molecule has 0 aliphatic heterocycles. The molecule has 266 valence electrons. The highest BCUT2D eigenvalue weighted by Gasteiger charge is 2.26. The van der Waals surface area contributed by atoms with Gasteiger partial charge in [-0.3, -0.25) is 4.55 Å². The standard InChI is InChI=1S/C39H34Cl6N2O3S/c1-3-5-19-46(38-32(42)21-27(40)22-33(38)43)29-15-11-25(12-16-29)37(31-9-7-8-10-36(31)51(48,49)50)26-13-17-30(18-14-26)47(20-6-4-2)39-34(44)23-28(41)24-35(39)45/h7-18,21-24H,3-6,19-20H2,1-2H3/p+1. The highest BCUT2D eigenvalue weighted by Crippen LogP contribution is 2.42. The summed E-state index contributed by atoms with van der Waals surface area (Å²) < 4.78 is 37.6. The van der Waals surface area contributed by atoms with Crippen molar-refractivity contribution in [2.24, 2.45) is 0 Å². The van der Waals surface area contributed by atoms with Crippen LogP contribution in [0.1, 0.15) is 50.7 Å². The Labute approximate surface area is 329 Å². The molecule has 0 unspecified atom stereocenters. The smallest absolute Gasteiger partial charge is 0.295 e. The molecule has 0 fully saturated rings. The second-order valence-corrected chi connectivity index (χ2v) is 15.8. The number of rotatable bonds is 12. The lowest BCUT2D eigenvalue weighted by atomic mass is 9.90. The second kappa shape index (κ2) is 17.4. The first-order chi connectivity index (χ1) is 24.3. The van der Waals surface area contributed by atoms with Gasteiger partial charge < -0.3 is 4.90 Å². The topological polar surface area (TPSA) is 60.6 Å². The highest BCUT2D eigenvalue weighted by molar-refractivity contribution is 7.86. The van der Waals surface area contributed by atoms with Crippen molar-refractivity contribution < 1.29 is 17.5 Å². The Balaban J connectivity index is 1.68. The van der Waals surface area contributed by atoms with E-state index in [1.54, 1.807) is 42.5 Å². The van der Waals surface area contributed by atoms with E-state index in [1.165, 1.54) is 6.07 Å². The zero-order chi connectivity index (χ0) is 36.9. The molecule has 0 spiro atoms. The number of nitrogens with zero attached hydrogens (tertiary/aromatic N) is 2. The van der Waals surface area contributed by atoms with E-state index >= 15 is 0 Å². The maximum atomic E-state index is 12.7. The average molecular weight is 825 g/mol. The zero-order valence-electron chi connectivity index (χ0n) is 27.8. The van der Waals surface area contributed by atoms with E-state index in [0.29, 0.717) is 65.7 Å². The van der Waals surface area contributed by atoms with E-state index < -0.39 is 10.1 Å². The van der Waals surface area contributed by atoms with Gasteiger partial charge in [0, 0.05) is 46.4 Å². The summed E-state index contributed by atoms with van der Waals surface area (Å²) in [6.45, 7) is 5.51. The molecule has 0 saturated carbocycles. The summed E-state index contributed by atoms with van der Waals surface area (Å²) in [6.07, 6.45) is 11.4. The Morgan fingerprint density at radius 2 is 1.27 bits per heavy atom. The minimum absolute atomic E-state index is 0.207. The summed E-state index contributed by atoms with van der Waals surface area (Å²) in [5, 5.41) is 2.59. The molecule has 0 amide bonds. The minimum Gasteiger partial charge on any atom is -0.339 e. The highest BCUT2D eigenvalue weighted by atomic mass is 35.5. The van der Waals surface area contributed by atoms with Crippen molar-refractivity contribution in [3.8, 4) is 0 Å². The molecule has 1 aliphatic carbocycles. The fourth-order valence-electron chi connectivity index (χ4n) is 5.95. The summed E-state index contributed by atoms with van der Waals surface area (Å²) in [5.41, 5.74) is 5.35. The van der Waals surface area contributed by atoms with Crippen molar-refractivity contribution >= 4 is 108 Å². The predicted molar refractivity (Wildman–Crippen MR) is 217 cm³/mol. The molecule has 1 aliphatic rings. The van der Waals surface area contributed by atoms with Gasteiger partial charge in [0.2, 0.25) is 11.4 Å². The van der Waals surface area contributed by atoms with Gasteiger partial charge >= 0.3 is 0 Å². The molecule has 0 heterocycles. The quantitative estimate of drug-likeness (QED) is 0.114. The molecule has 12 heteroatoms. The number of hydrogen-bond acceptors (Lipinski definition) is 3. The Hall–Kier alpha value is -2.78. The normalized spacial score (nSPS) is 12.8. The lowest BCUT2D eigenvalue weighted by molar-refractivity contribution is -0.439. The van der Waals surface area contributed by atoms with Gasteiger partial charge in [0.05, 0.1) is 15.7 Å². The third kappa shape index (κ3) is 9.24. The van der Waals surface area contributed by atoms with Crippen molar-refractivity contribution in [1.82, 2.24) is 0 Å². The van der Waals surface area contributed by atoms with Crippen LogP contribution >= 0.6 is 69.6 Å². The largest absolute Gasteiger partial charge is 0.339 e. The van der Waals surface area contributed by atoms with Crippen LogP contribution in [0.3, 0.4) is 0 Å². The first kappa shape index (κ1) is 39.4. The van der Waals surface area contributed by atoms with Crippen molar-refractivity contribution in [3.05, 3.63) is 144 Å². The van der Waals surface area contributed by atoms with Gasteiger partial charge in [-0.2, -0.15) is 13.0 Å². The van der Waals surface area contributed by atoms with Crippen molar-refractivity contribution in [2.45, 2.75) is 44.4 Å². The van der Waals surface area contributed by atoms with Gasteiger partial charge in [-0.25, -0.2) is 0 Å². The van der Waals surface area contributed by atoms with Gasteiger partial charge in [0.1, 0.15) is 21.5 Å². The molecule has 1 N–H and O–H groups in total. The molecule has 0 saturated heterocycles. The van der Waals surface area contributed by atoms with Crippen LogP contribution < -0.4 is 4.90 Å². The molecule has 4 aromatic rings. The van der Waals surface area contributed by atoms with Gasteiger partial charge in [-0.1, -0.05) is 127 Å². The number of halogens is 6. The Bertz CT molecular complexity index is 2110. The lowest BCUT2D eigenvalue weighted by Crippen LogP contribution is -2.19. The molecule has 0 aromatic heterocycles. The molecule has 51 heavy (non-hydrogen) atoms. The molecule has 5 nitrogen and oxygen atoms in total. The summed E-state index contributed by atoms with van der Waals surface area (Å²) in [7, 11) is -4.57. The van der Waals surface area contributed by atoms with Crippen molar-refractivity contribution in [1.29, 1.82) is 0 Å². The van der Waals surface area contributed by atoms with Crippen LogP contribution in [0, 0.1) is 0 Å². The van der Waals surface area contributed by atoms with E-state index in [2.05, 4.69) is 13.8 Å². The van der Waals surface area contributed by atoms with Crippen LogP contribution in [0.25, 0.3) is 5.57 Å². The molecule has 0 bridgehead atoms. The third-order valence-electron chi connectivity index (χ3n) is 8.34. The minimum atomic E-state index is -4.57. The second-order valence-electron chi connectivity index (χ2n) is 11.9. The summed E-state index contributed by atoms with van der Waals surface area (Å²) in [5.74, 6) is 0. The summed E-state index contributed by atoms with van der Waals surface area (Å²) in [6, 6.07) is 20.7. The molecule has 5 rings (SSSR count). The summed E-state index contributed by atoms with van der Waals surface area (Å²) in [4.78, 5) is 1.84. The predicted octanol–water partition coefficient (Wildman–Crippen LogP) is 13.3. The average Bonchev–Trinajstić information content (AvgIpc) is 3.07. The van der Waals surface area contributed by atoms with Crippen LogP contribution in [-0.4, -0.2) is 36.3 Å². The molecular formula is C39H35Cl6N2O3S+. The van der Waals surface area contributed by atoms with E-state index in [-0.39, 0.29) is 4.90 Å². The molecular weight excluding hydrogens is 789 g/mol. The number of anilines is 2. The van der Waals surface area contributed by atoms with E-state index in [9.17, 15) is 13.0 Å². The van der Waals surface area contributed by atoms with Crippen LogP contribution in [0.2, 0.25) is 30.1 Å². The summed E-state index contributed by atoms with van der Waals surface area (Å²) >= 11 is 39.1. The Morgan fingerprint density at radius 1 is 0.725 bits per heavy atom. The molecule has 0 atom stereocenters. The molecule has 4 aromatic carbocycles. The zero-order valence-corrected chi connectivity index (χ0v) is 33.2. The number of allylic oxidation sites excluding steroid dienone is 5. The number of hydrogen-bond donors (Lipinski definition) is 1. The van der Waals surface area contributed by atoms with Gasteiger partial charge in [-0.15, -0.1) is 0 Å². The van der Waals surface area contributed by atoms with E-state index in [0.717, 1.165) is 48.2 Å². The monoisotopic (exact) mass is 821 g/mol.